The van der Waals surface area contributed by atoms with Crippen LogP contribution in [0.3, 0.4) is 0 Å². The summed E-state index contributed by atoms with van der Waals surface area (Å²) < 4.78 is 11.8. The van der Waals surface area contributed by atoms with E-state index in [9.17, 15) is 4.21 Å². The van der Waals surface area contributed by atoms with Crippen molar-refractivity contribution in [3.8, 4) is 0 Å². The van der Waals surface area contributed by atoms with Gasteiger partial charge in [0.25, 0.3) is 0 Å². The molecule has 1 aromatic rings. The molecule has 0 fully saturated rings. The number of nitrogens with two attached hydrogens (primary N) is 1. The van der Waals surface area contributed by atoms with Crippen molar-refractivity contribution in [2.75, 3.05) is 11.5 Å². The molecule has 0 radical (unpaired) electrons. The molecular weight excluding hydrogens is 242 g/mol. The van der Waals surface area contributed by atoms with Gasteiger partial charge in [0.1, 0.15) is 0 Å². The summed E-state index contributed by atoms with van der Waals surface area (Å²) in [5.74, 6) is 1.74. The van der Waals surface area contributed by atoms with Gasteiger partial charge in [-0.2, -0.15) is 0 Å². The predicted octanol–water partition coefficient (Wildman–Crippen LogP) is 3.22. The molecule has 0 aliphatic heterocycles. The molecule has 16 heavy (non-hydrogen) atoms. The van der Waals surface area contributed by atoms with E-state index in [4.69, 9.17) is 17.3 Å². The van der Waals surface area contributed by atoms with Crippen molar-refractivity contribution < 1.29 is 4.21 Å². The average Bonchev–Trinajstić information content (AvgIpc) is 2.22. The maximum Gasteiger partial charge on any atom is 0.0500 e. The Balaban J connectivity index is 2.63. The van der Waals surface area contributed by atoms with Crippen LogP contribution in [0.2, 0.25) is 5.02 Å². The van der Waals surface area contributed by atoms with Gasteiger partial charge in [-0.3, -0.25) is 4.21 Å². The molecule has 2 unspecified atom stereocenters. The third kappa shape index (κ3) is 4.14. The van der Waals surface area contributed by atoms with E-state index in [1.54, 1.807) is 12.1 Å². The lowest BCUT2D eigenvalue weighted by Crippen LogP contribution is -2.09. The molecule has 0 spiro atoms. The first-order valence-electron chi connectivity index (χ1n) is 5.41. The highest BCUT2D eigenvalue weighted by molar-refractivity contribution is 7.84. The van der Waals surface area contributed by atoms with Gasteiger partial charge in [0, 0.05) is 27.3 Å². The number of halogens is 1. The molecule has 0 bridgehead atoms. The first-order chi connectivity index (χ1) is 7.52. The molecule has 0 saturated carbocycles. The van der Waals surface area contributed by atoms with Crippen LogP contribution in [0.4, 0.5) is 5.69 Å². The summed E-state index contributed by atoms with van der Waals surface area (Å²) in [7, 11) is -0.843. The van der Waals surface area contributed by atoms with Crippen LogP contribution >= 0.6 is 11.6 Å². The molecule has 0 aliphatic rings. The van der Waals surface area contributed by atoms with Crippen molar-refractivity contribution in [3.63, 3.8) is 0 Å². The third-order valence-electron chi connectivity index (χ3n) is 2.56. The number of anilines is 1. The van der Waals surface area contributed by atoms with Gasteiger partial charge < -0.3 is 5.73 Å². The highest BCUT2D eigenvalue weighted by Crippen LogP contribution is 2.21. The highest BCUT2D eigenvalue weighted by atomic mass is 35.5. The molecule has 1 rings (SSSR count). The second kappa shape index (κ2) is 6.26. The molecular formula is C12H18ClNOS. The molecule has 2 N–H and O–H groups in total. The van der Waals surface area contributed by atoms with Gasteiger partial charge in [0.15, 0.2) is 0 Å². The summed E-state index contributed by atoms with van der Waals surface area (Å²) in [6.07, 6.45) is 1.06. The first-order valence-corrected chi connectivity index (χ1v) is 7.28. The molecule has 0 aromatic heterocycles. The number of nitrogen functional groups attached to an aromatic ring is 1. The lowest BCUT2D eigenvalue weighted by molar-refractivity contribution is 0.615. The van der Waals surface area contributed by atoms with Gasteiger partial charge in [-0.15, -0.1) is 0 Å². The number of rotatable bonds is 5. The van der Waals surface area contributed by atoms with E-state index in [1.165, 1.54) is 0 Å². The molecule has 1 aromatic carbocycles. The molecule has 2 atom stereocenters. The lowest BCUT2D eigenvalue weighted by atomic mass is 10.2. The second-order valence-electron chi connectivity index (χ2n) is 4.12. The zero-order valence-electron chi connectivity index (χ0n) is 9.70. The summed E-state index contributed by atoms with van der Waals surface area (Å²) in [4.78, 5) is 0. The number of benzene rings is 1. The van der Waals surface area contributed by atoms with Crippen LogP contribution in [0.1, 0.15) is 25.8 Å². The number of hydrogen-bond donors (Lipinski definition) is 1. The van der Waals surface area contributed by atoms with E-state index in [1.807, 2.05) is 6.07 Å². The van der Waals surface area contributed by atoms with E-state index < -0.39 is 10.8 Å². The van der Waals surface area contributed by atoms with E-state index in [0.29, 0.717) is 22.4 Å². The summed E-state index contributed by atoms with van der Waals surface area (Å²) >= 11 is 6.03. The van der Waals surface area contributed by atoms with E-state index in [0.717, 1.165) is 17.7 Å². The highest BCUT2D eigenvalue weighted by Gasteiger charge is 2.09. The Morgan fingerprint density at radius 1 is 1.50 bits per heavy atom. The third-order valence-corrected chi connectivity index (χ3v) is 4.49. The molecule has 0 heterocycles. The van der Waals surface area contributed by atoms with Crippen LogP contribution in [0, 0.1) is 5.92 Å². The summed E-state index contributed by atoms with van der Waals surface area (Å²) in [5.41, 5.74) is 7.15. The first kappa shape index (κ1) is 13.5. The fourth-order valence-corrected chi connectivity index (χ4v) is 3.27. The molecule has 2 nitrogen and oxygen atoms in total. The monoisotopic (exact) mass is 259 g/mol. The zero-order valence-corrected chi connectivity index (χ0v) is 11.3. The quantitative estimate of drug-likeness (QED) is 0.825. The minimum atomic E-state index is -0.843. The van der Waals surface area contributed by atoms with E-state index in [2.05, 4.69) is 13.8 Å². The van der Waals surface area contributed by atoms with E-state index in [-0.39, 0.29) is 0 Å². The van der Waals surface area contributed by atoms with Crippen LogP contribution < -0.4 is 5.73 Å². The average molecular weight is 260 g/mol. The van der Waals surface area contributed by atoms with Crippen molar-refractivity contribution in [1.29, 1.82) is 0 Å². The second-order valence-corrected chi connectivity index (χ2v) is 6.02. The minimum absolute atomic E-state index is 0.494. The fourth-order valence-electron chi connectivity index (χ4n) is 1.35. The van der Waals surface area contributed by atoms with Crippen LogP contribution in [-0.4, -0.2) is 9.96 Å². The minimum Gasteiger partial charge on any atom is -0.399 e. The van der Waals surface area contributed by atoms with Crippen LogP contribution in [0.25, 0.3) is 0 Å². The SMILES string of the molecule is CCC(C)CS(=O)Cc1ccc(N)cc1Cl. The van der Waals surface area contributed by atoms with Crippen LogP contribution in [0.5, 0.6) is 0 Å². The maximum absolute atomic E-state index is 11.8. The Morgan fingerprint density at radius 2 is 2.19 bits per heavy atom. The Bertz CT molecular complexity index is 381. The largest absolute Gasteiger partial charge is 0.399 e. The normalized spacial score (nSPS) is 14.7. The van der Waals surface area contributed by atoms with Gasteiger partial charge in [0.05, 0.1) is 5.75 Å². The number of hydrogen-bond acceptors (Lipinski definition) is 2. The molecule has 0 saturated heterocycles. The Hall–Kier alpha value is -0.540. The van der Waals surface area contributed by atoms with Crippen molar-refractivity contribution in [3.05, 3.63) is 28.8 Å². The Morgan fingerprint density at radius 3 is 2.75 bits per heavy atom. The smallest absolute Gasteiger partial charge is 0.0500 e. The van der Waals surface area contributed by atoms with Crippen molar-refractivity contribution in [2.24, 2.45) is 5.92 Å². The van der Waals surface area contributed by atoms with Crippen LogP contribution in [-0.2, 0) is 16.6 Å². The maximum atomic E-state index is 11.8. The van der Waals surface area contributed by atoms with Crippen molar-refractivity contribution >= 4 is 28.1 Å². The summed E-state index contributed by atoms with van der Waals surface area (Å²) in [6.45, 7) is 4.22. The van der Waals surface area contributed by atoms with Crippen molar-refractivity contribution in [1.82, 2.24) is 0 Å². The predicted molar refractivity (Wildman–Crippen MR) is 72.0 cm³/mol. The van der Waals surface area contributed by atoms with Gasteiger partial charge in [-0.05, 0) is 23.6 Å². The Labute approximate surface area is 105 Å². The van der Waals surface area contributed by atoms with Gasteiger partial charge in [-0.1, -0.05) is 37.9 Å². The topological polar surface area (TPSA) is 43.1 Å². The standard InChI is InChI=1S/C12H18ClNOS/c1-3-9(2)7-16(15)8-10-4-5-11(14)6-12(10)13/h4-6,9H,3,7-8,14H2,1-2H3. The summed E-state index contributed by atoms with van der Waals surface area (Å²) in [5, 5.41) is 0.609. The van der Waals surface area contributed by atoms with Crippen LogP contribution in [0.15, 0.2) is 18.2 Å². The van der Waals surface area contributed by atoms with Gasteiger partial charge >= 0.3 is 0 Å². The molecule has 4 heteroatoms. The Kier molecular flexibility index (Phi) is 5.29. The van der Waals surface area contributed by atoms with Gasteiger partial charge in [-0.25, -0.2) is 0 Å². The van der Waals surface area contributed by atoms with Gasteiger partial charge in [0.2, 0.25) is 0 Å². The van der Waals surface area contributed by atoms with Crippen molar-refractivity contribution in [2.45, 2.75) is 26.0 Å². The molecule has 0 amide bonds. The van der Waals surface area contributed by atoms with E-state index >= 15 is 0 Å². The fraction of sp³-hybridized carbons (Fsp3) is 0.500. The molecule has 90 valence electrons. The lowest BCUT2D eigenvalue weighted by Gasteiger charge is -2.09. The zero-order chi connectivity index (χ0) is 12.1. The molecule has 0 aliphatic carbocycles. The summed E-state index contributed by atoms with van der Waals surface area (Å²) in [6, 6.07) is 5.35.